The average Bonchev–Trinajstić information content (AvgIpc) is 3.62. The van der Waals surface area contributed by atoms with E-state index in [0.717, 1.165) is 34.6 Å². The van der Waals surface area contributed by atoms with E-state index in [9.17, 15) is 0 Å². The van der Waals surface area contributed by atoms with Crippen LogP contribution in [0.15, 0.2) is 128 Å². The third kappa shape index (κ3) is 4.04. The molecule has 4 aromatic carbocycles. The number of aromatic nitrogens is 2. The summed E-state index contributed by atoms with van der Waals surface area (Å²) in [5.41, 5.74) is 11.7. The maximum atomic E-state index is 5.02. The first-order chi connectivity index (χ1) is 20.2. The molecule has 1 aliphatic rings. The molecule has 2 nitrogen and oxygen atoms in total. The molecule has 0 amide bonds. The lowest BCUT2D eigenvalue weighted by Gasteiger charge is -2.12. The van der Waals surface area contributed by atoms with Gasteiger partial charge in [-0.05, 0) is 58.4 Å². The molecule has 0 saturated carbocycles. The van der Waals surface area contributed by atoms with Gasteiger partial charge in [0.05, 0.1) is 11.4 Å². The number of imidazole rings is 1. The molecule has 0 aliphatic heterocycles. The third-order valence-electron chi connectivity index (χ3n) is 8.25. The second-order valence-corrected chi connectivity index (χ2v) is 11.9. The number of thiophene rings is 1. The van der Waals surface area contributed by atoms with Crippen LogP contribution in [0.5, 0.6) is 0 Å². The molecule has 0 saturated heterocycles. The normalized spacial score (nSPS) is 14.5. The number of hydrogen-bond acceptors (Lipinski definition) is 2. The Labute approximate surface area is 243 Å². The first kappa shape index (κ1) is 24.1. The first-order valence-corrected chi connectivity index (χ1v) is 15.0. The van der Waals surface area contributed by atoms with Crippen molar-refractivity contribution in [2.45, 2.75) is 19.3 Å². The van der Waals surface area contributed by atoms with Gasteiger partial charge in [-0.2, -0.15) is 0 Å². The number of hydrogen-bond donors (Lipinski definition) is 0. The number of fused-ring (bicyclic) bond motifs is 4. The predicted molar refractivity (Wildman–Crippen MR) is 174 cm³/mol. The summed E-state index contributed by atoms with van der Waals surface area (Å²) in [6.07, 6.45) is 7.88. The Hall–Kier alpha value is -4.73. The second-order valence-electron chi connectivity index (χ2n) is 10.9. The molecular formula is C38H28N2S. The number of allylic oxidation sites excluding steroid dienone is 1. The molecule has 196 valence electrons. The Balaban J connectivity index is 1.20. The van der Waals surface area contributed by atoms with Crippen LogP contribution >= 0.6 is 11.3 Å². The van der Waals surface area contributed by atoms with Crippen LogP contribution in [0.1, 0.15) is 29.7 Å². The largest absolute Gasteiger partial charge is 0.299 e. The molecule has 0 N–H and O–H groups in total. The summed E-state index contributed by atoms with van der Waals surface area (Å²) in [5, 5.41) is 1.38. The van der Waals surface area contributed by atoms with E-state index in [1.165, 1.54) is 42.8 Å². The zero-order valence-corrected chi connectivity index (χ0v) is 23.6. The Morgan fingerprint density at radius 1 is 0.707 bits per heavy atom. The van der Waals surface area contributed by atoms with Gasteiger partial charge in [0.2, 0.25) is 0 Å². The van der Waals surface area contributed by atoms with Crippen molar-refractivity contribution in [3.05, 3.63) is 138 Å². The molecule has 1 atom stereocenters. The number of nitrogens with zero attached hydrogens (tertiary/aromatic N) is 2. The Bertz CT molecular complexity index is 2080. The molecule has 0 spiro atoms. The highest BCUT2D eigenvalue weighted by atomic mass is 32.1. The van der Waals surface area contributed by atoms with Gasteiger partial charge in [0, 0.05) is 32.3 Å². The van der Waals surface area contributed by atoms with Crippen LogP contribution in [0.3, 0.4) is 0 Å². The summed E-state index contributed by atoms with van der Waals surface area (Å²) in [6, 6.07) is 41.3. The van der Waals surface area contributed by atoms with Crippen molar-refractivity contribution in [1.82, 2.24) is 9.38 Å². The van der Waals surface area contributed by atoms with Gasteiger partial charge in [-0.1, -0.05) is 116 Å². The van der Waals surface area contributed by atoms with Gasteiger partial charge in [-0.15, -0.1) is 11.3 Å². The van der Waals surface area contributed by atoms with Crippen molar-refractivity contribution in [2.75, 3.05) is 0 Å². The minimum absolute atomic E-state index is 0.588. The lowest BCUT2D eigenvalue weighted by atomic mass is 9.93. The van der Waals surface area contributed by atoms with Gasteiger partial charge >= 0.3 is 0 Å². The molecular weight excluding hydrogens is 516 g/mol. The fourth-order valence-corrected chi connectivity index (χ4v) is 7.57. The summed E-state index contributed by atoms with van der Waals surface area (Å²) < 4.78 is 3.59. The lowest BCUT2D eigenvalue weighted by molar-refractivity contribution is 0.791. The van der Waals surface area contributed by atoms with Crippen LogP contribution in [0.2, 0.25) is 0 Å². The highest BCUT2D eigenvalue weighted by Crippen LogP contribution is 2.45. The van der Waals surface area contributed by atoms with E-state index in [4.69, 9.17) is 4.98 Å². The van der Waals surface area contributed by atoms with Crippen molar-refractivity contribution in [3.8, 4) is 44.8 Å². The summed E-state index contributed by atoms with van der Waals surface area (Å²) in [4.78, 5) is 6.54. The highest BCUT2D eigenvalue weighted by Gasteiger charge is 2.20. The minimum atomic E-state index is 0.588. The zero-order valence-electron chi connectivity index (χ0n) is 22.8. The van der Waals surface area contributed by atoms with Crippen LogP contribution in [0.4, 0.5) is 0 Å². The zero-order chi connectivity index (χ0) is 27.3. The quantitative estimate of drug-likeness (QED) is 0.215. The molecule has 1 aliphatic carbocycles. The summed E-state index contributed by atoms with van der Waals surface area (Å²) >= 11 is 1.97. The Morgan fingerprint density at radius 3 is 2.34 bits per heavy atom. The number of benzene rings is 4. The molecule has 0 radical (unpaired) electrons. The molecule has 41 heavy (non-hydrogen) atoms. The molecule has 3 heterocycles. The van der Waals surface area contributed by atoms with Crippen molar-refractivity contribution in [1.29, 1.82) is 0 Å². The molecule has 7 aromatic rings. The van der Waals surface area contributed by atoms with Crippen molar-refractivity contribution in [2.24, 2.45) is 0 Å². The van der Waals surface area contributed by atoms with Crippen LogP contribution in [-0.4, -0.2) is 9.38 Å². The van der Waals surface area contributed by atoms with E-state index >= 15 is 0 Å². The van der Waals surface area contributed by atoms with Gasteiger partial charge in [0.15, 0.2) is 0 Å². The average molecular weight is 545 g/mol. The summed E-state index contributed by atoms with van der Waals surface area (Å²) in [7, 11) is 0. The van der Waals surface area contributed by atoms with Gasteiger partial charge < -0.3 is 0 Å². The van der Waals surface area contributed by atoms with Crippen LogP contribution in [0.25, 0.3) is 66.6 Å². The topological polar surface area (TPSA) is 17.3 Å². The molecule has 8 rings (SSSR count). The number of rotatable bonds is 4. The van der Waals surface area contributed by atoms with Gasteiger partial charge in [-0.25, -0.2) is 4.98 Å². The van der Waals surface area contributed by atoms with E-state index in [0.29, 0.717) is 5.92 Å². The van der Waals surface area contributed by atoms with E-state index < -0.39 is 0 Å². The minimum Gasteiger partial charge on any atom is -0.299 e. The Kier molecular flexibility index (Phi) is 5.71. The van der Waals surface area contributed by atoms with Crippen molar-refractivity contribution < 1.29 is 0 Å². The predicted octanol–water partition coefficient (Wildman–Crippen LogP) is 10.7. The van der Waals surface area contributed by atoms with Crippen LogP contribution in [-0.2, 0) is 0 Å². The van der Waals surface area contributed by atoms with Crippen molar-refractivity contribution >= 4 is 33.1 Å². The smallest absolute Gasteiger partial charge is 0.137 e. The monoisotopic (exact) mass is 544 g/mol. The third-order valence-corrected chi connectivity index (χ3v) is 9.73. The standard InChI is InChI=1S/C38H28N2S/c1-25-10-7-16-32-33-17-9-15-31(38(33)41-37(25)32)27-21-19-26(20-22-27)29-13-8-14-30(24-29)36-35(28-11-3-2-4-12-28)39-34-18-5-6-23-40(34)36/h2-9,11-25H,10H2,1H3. The maximum Gasteiger partial charge on any atom is 0.137 e. The van der Waals surface area contributed by atoms with Gasteiger partial charge in [0.1, 0.15) is 5.65 Å². The molecule has 0 bridgehead atoms. The maximum absolute atomic E-state index is 5.02. The molecule has 0 fully saturated rings. The van der Waals surface area contributed by atoms with E-state index in [1.54, 1.807) is 0 Å². The van der Waals surface area contributed by atoms with Gasteiger partial charge in [-0.3, -0.25) is 4.40 Å². The van der Waals surface area contributed by atoms with Crippen LogP contribution in [0, 0.1) is 0 Å². The molecule has 3 aromatic heterocycles. The first-order valence-electron chi connectivity index (χ1n) is 14.2. The fourth-order valence-electron chi connectivity index (χ4n) is 6.18. The van der Waals surface area contributed by atoms with Crippen molar-refractivity contribution in [3.63, 3.8) is 0 Å². The molecule has 3 heteroatoms. The van der Waals surface area contributed by atoms with E-state index in [2.05, 4.69) is 133 Å². The van der Waals surface area contributed by atoms with E-state index in [-0.39, 0.29) is 0 Å². The Morgan fingerprint density at radius 2 is 1.46 bits per heavy atom. The summed E-state index contributed by atoms with van der Waals surface area (Å²) in [5.74, 6) is 0.588. The van der Waals surface area contributed by atoms with Gasteiger partial charge in [0.25, 0.3) is 0 Å². The van der Waals surface area contributed by atoms with E-state index in [1.807, 2.05) is 23.5 Å². The molecule has 1 unspecified atom stereocenters. The number of pyridine rings is 1. The SMILES string of the molecule is CC1CC=Cc2c1sc1c(-c3ccc(-c4cccc(-c5c(-c6ccccc6)nc6ccccn56)c4)cc3)cccc21. The second kappa shape index (κ2) is 9.72. The van der Waals surface area contributed by atoms with Crippen LogP contribution < -0.4 is 0 Å². The highest BCUT2D eigenvalue weighted by molar-refractivity contribution is 7.20. The lowest BCUT2D eigenvalue weighted by Crippen LogP contribution is -1.94. The summed E-state index contributed by atoms with van der Waals surface area (Å²) in [6.45, 7) is 2.34. The fraction of sp³-hybridized carbons (Fsp3) is 0.0789.